The summed E-state index contributed by atoms with van der Waals surface area (Å²) >= 11 is 1.64. The Morgan fingerprint density at radius 2 is 2.25 bits per heavy atom. The summed E-state index contributed by atoms with van der Waals surface area (Å²) in [6, 6.07) is -0.234. The molecule has 1 heterocycles. The third kappa shape index (κ3) is 1.48. The quantitative estimate of drug-likeness (QED) is 0.572. The molecular weight excluding hydrogens is 174 g/mol. The van der Waals surface area contributed by atoms with Gasteiger partial charge in [0.15, 0.2) is 0 Å². The second-order valence-corrected chi connectivity index (χ2v) is 4.97. The Morgan fingerprint density at radius 1 is 1.67 bits per heavy atom. The van der Waals surface area contributed by atoms with Crippen molar-refractivity contribution in [3.05, 3.63) is 0 Å². The van der Waals surface area contributed by atoms with Gasteiger partial charge in [0, 0.05) is 12.7 Å². The SMILES string of the molecule is CC(=O)N1[C@H](C=O)CSC1(C)C. The van der Waals surface area contributed by atoms with Crippen LogP contribution in [0.4, 0.5) is 0 Å². The largest absolute Gasteiger partial charge is 0.318 e. The van der Waals surface area contributed by atoms with Gasteiger partial charge in [0.2, 0.25) is 5.91 Å². The van der Waals surface area contributed by atoms with Gasteiger partial charge in [-0.2, -0.15) is 0 Å². The molecular formula is C8H13NO2S. The molecule has 1 saturated heterocycles. The summed E-state index contributed by atoms with van der Waals surface area (Å²) in [5, 5.41) is 0. The van der Waals surface area contributed by atoms with E-state index in [0.717, 1.165) is 12.0 Å². The number of hydrogen-bond acceptors (Lipinski definition) is 3. The summed E-state index contributed by atoms with van der Waals surface area (Å²) in [4.78, 5) is 23.2. The van der Waals surface area contributed by atoms with Crippen LogP contribution in [0.15, 0.2) is 0 Å². The lowest BCUT2D eigenvalue weighted by molar-refractivity contribution is -0.135. The zero-order valence-corrected chi connectivity index (χ0v) is 8.35. The molecule has 1 rings (SSSR count). The predicted octanol–water partition coefficient (Wildman–Crippen LogP) is 0.885. The van der Waals surface area contributed by atoms with E-state index in [2.05, 4.69) is 0 Å². The van der Waals surface area contributed by atoms with Gasteiger partial charge in [0.25, 0.3) is 0 Å². The minimum absolute atomic E-state index is 0.0258. The second kappa shape index (κ2) is 3.09. The van der Waals surface area contributed by atoms with Gasteiger partial charge in [-0.05, 0) is 13.8 Å². The normalized spacial score (nSPS) is 27.2. The highest BCUT2D eigenvalue weighted by atomic mass is 32.2. The number of thioether (sulfide) groups is 1. The van der Waals surface area contributed by atoms with Gasteiger partial charge < -0.3 is 9.69 Å². The van der Waals surface area contributed by atoms with Crippen molar-refractivity contribution in [1.29, 1.82) is 0 Å². The molecule has 0 unspecified atom stereocenters. The van der Waals surface area contributed by atoms with Crippen LogP contribution in [0.3, 0.4) is 0 Å². The number of rotatable bonds is 1. The minimum atomic E-state index is -0.234. The van der Waals surface area contributed by atoms with E-state index in [0.29, 0.717) is 0 Å². The van der Waals surface area contributed by atoms with E-state index in [1.807, 2.05) is 13.8 Å². The fraction of sp³-hybridized carbons (Fsp3) is 0.750. The van der Waals surface area contributed by atoms with Crippen molar-refractivity contribution in [2.45, 2.75) is 31.7 Å². The van der Waals surface area contributed by atoms with Gasteiger partial charge in [-0.25, -0.2) is 0 Å². The molecule has 1 aliphatic rings. The molecule has 3 nitrogen and oxygen atoms in total. The smallest absolute Gasteiger partial charge is 0.221 e. The highest BCUT2D eigenvalue weighted by molar-refractivity contribution is 8.00. The van der Waals surface area contributed by atoms with E-state index in [1.54, 1.807) is 16.7 Å². The van der Waals surface area contributed by atoms with Gasteiger partial charge >= 0.3 is 0 Å². The number of nitrogens with zero attached hydrogens (tertiary/aromatic N) is 1. The highest BCUT2D eigenvalue weighted by Crippen LogP contribution is 2.37. The first-order valence-electron chi connectivity index (χ1n) is 3.88. The Kier molecular flexibility index (Phi) is 2.46. The van der Waals surface area contributed by atoms with Crippen molar-refractivity contribution in [3.8, 4) is 0 Å². The van der Waals surface area contributed by atoms with Gasteiger partial charge in [0.05, 0.1) is 10.9 Å². The topological polar surface area (TPSA) is 37.4 Å². The van der Waals surface area contributed by atoms with Crippen LogP contribution in [-0.2, 0) is 9.59 Å². The first-order valence-corrected chi connectivity index (χ1v) is 4.87. The minimum Gasteiger partial charge on any atom is -0.318 e. The lowest BCUT2D eigenvalue weighted by atomic mass is 10.2. The molecule has 1 aliphatic heterocycles. The zero-order valence-electron chi connectivity index (χ0n) is 7.53. The molecule has 1 amide bonds. The van der Waals surface area contributed by atoms with E-state index >= 15 is 0 Å². The molecule has 12 heavy (non-hydrogen) atoms. The fourth-order valence-corrected chi connectivity index (χ4v) is 2.75. The summed E-state index contributed by atoms with van der Waals surface area (Å²) in [6.45, 7) is 5.43. The average molecular weight is 187 g/mol. The van der Waals surface area contributed by atoms with Crippen molar-refractivity contribution in [3.63, 3.8) is 0 Å². The highest BCUT2D eigenvalue weighted by Gasteiger charge is 2.41. The Hall–Kier alpha value is -0.510. The van der Waals surface area contributed by atoms with Crippen LogP contribution in [0, 0.1) is 0 Å². The molecule has 0 spiro atoms. The van der Waals surface area contributed by atoms with Crippen LogP contribution < -0.4 is 0 Å². The van der Waals surface area contributed by atoms with E-state index in [9.17, 15) is 9.59 Å². The third-order valence-corrected chi connectivity index (χ3v) is 3.43. The van der Waals surface area contributed by atoms with Crippen LogP contribution >= 0.6 is 11.8 Å². The molecule has 0 aromatic rings. The molecule has 4 heteroatoms. The average Bonchev–Trinajstić information content (AvgIpc) is 2.24. The number of hydrogen-bond donors (Lipinski definition) is 0. The Labute approximate surface area is 76.5 Å². The van der Waals surface area contributed by atoms with Gasteiger partial charge in [0.1, 0.15) is 6.29 Å². The van der Waals surface area contributed by atoms with Crippen molar-refractivity contribution < 1.29 is 9.59 Å². The molecule has 1 fully saturated rings. The lowest BCUT2D eigenvalue weighted by Crippen LogP contribution is -2.46. The molecule has 0 radical (unpaired) electrons. The first kappa shape index (κ1) is 9.58. The molecule has 68 valence electrons. The standard InChI is InChI=1S/C8H13NO2S/c1-6(11)9-7(4-10)5-12-8(9,2)3/h4,7H,5H2,1-3H3/t7-/m1/s1. The monoisotopic (exact) mass is 187 g/mol. The van der Waals surface area contributed by atoms with Gasteiger partial charge in [-0.1, -0.05) is 0 Å². The predicted molar refractivity (Wildman–Crippen MR) is 48.9 cm³/mol. The third-order valence-electron chi connectivity index (χ3n) is 2.02. The van der Waals surface area contributed by atoms with Gasteiger partial charge in [-0.3, -0.25) is 4.79 Å². The maximum absolute atomic E-state index is 11.2. The van der Waals surface area contributed by atoms with Crippen LogP contribution in [-0.4, -0.2) is 33.8 Å². The molecule has 0 aromatic heterocycles. The van der Waals surface area contributed by atoms with Crippen LogP contribution in [0.2, 0.25) is 0 Å². The summed E-state index contributed by atoms with van der Waals surface area (Å²) in [7, 11) is 0. The maximum Gasteiger partial charge on any atom is 0.221 e. The number of carbonyl (C=O) groups excluding carboxylic acids is 2. The molecule has 0 bridgehead atoms. The lowest BCUT2D eigenvalue weighted by Gasteiger charge is -2.31. The van der Waals surface area contributed by atoms with Crippen LogP contribution in [0.1, 0.15) is 20.8 Å². The Bertz CT molecular complexity index is 215. The van der Waals surface area contributed by atoms with Gasteiger partial charge in [-0.15, -0.1) is 11.8 Å². The summed E-state index contributed by atoms with van der Waals surface area (Å²) in [6.07, 6.45) is 0.850. The van der Waals surface area contributed by atoms with E-state index in [-0.39, 0.29) is 16.8 Å². The van der Waals surface area contributed by atoms with Crippen LogP contribution in [0.25, 0.3) is 0 Å². The molecule has 0 saturated carbocycles. The summed E-state index contributed by atoms with van der Waals surface area (Å²) in [5.74, 6) is 0.693. The van der Waals surface area contributed by atoms with E-state index < -0.39 is 0 Å². The van der Waals surface area contributed by atoms with Crippen molar-refractivity contribution in [2.24, 2.45) is 0 Å². The molecule has 0 aliphatic carbocycles. The Balaban J connectivity index is 2.87. The summed E-state index contributed by atoms with van der Waals surface area (Å²) < 4.78 is 0. The summed E-state index contributed by atoms with van der Waals surface area (Å²) in [5.41, 5.74) is 0. The molecule has 1 atom stereocenters. The maximum atomic E-state index is 11.2. The number of aldehydes is 1. The Morgan fingerprint density at radius 3 is 2.58 bits per heavy atom. The number of amides is 1. The van der Waals surface area contributed by atoms with E-state index in [1.165, 1.54) is 6.92 Å². The first-order chi connectivity index (χ1) is 5.49. The second-order valence-electron chi connectivity index (χ2n) is 3.35. The number of carbonyl (C=O) groups is 2. The molecule has 0 aromatic carbocycles. The van der Waals surface area contributed by atoms with Crippen LogP contribution in [0.5, 0.6) is 0 Å². The van der Waals surface area contributed by atoms with Crippen molar-refractivity contribution in [1.82, 2.24) is 4.90 Å². The van der Waals surface area contributed by atoms with Crippen molar-refractivity contribution >= 4 is 24.0 Å². The van der Waals surface area contributed by atoms with Crippen molar-refractivity contribution in [2.75, 3.05) is 5.75 Å². The zero-order chi connectivity index (χ0) is 9.35. The fourth-order valence-electron chi connectivity index (χ4n) is 1.55. The van der Waals surface area contributed by atoms with E-state index in [4.69, 9.17) is 0 Å². The molecule has 0 N–H and O–H groups in total.